The summed E-state index contributed by atoms with van der Waals surface area (Å²) in [7, 11) is 0. The van der Waals surface area contributed by atoms with Crippen LogP contribution in [0, 0.1) is 5.92 Å². The molecule has 5 nitrogen and oxygen atoms in total. The van der Waals surface area contributed by atoms with Gasteiger partial charge in [-0.2, -0.15) is 0 Å². The highest BCUT2D eigenvalue weighted by molar-refractivity contribution is 5.83. The second-order valence-electron chi connectivity index (χ2n) is 5.46. The van der Waals surface area contributed by atoms with Crippen molar-refractivity contribution in [2.24, 2.45) is 11.7 Å². The number of rotatable bonds is 2. The van der Waals surface area contributed by atoms with Crippen LogP contribution in [0.25, 0.3) is 0 Å². The second-order valence-corrected chi connectivity index (χ2v) is 5.46. The third-order valence-electron chi connectivity index (χ3n) is 4.18. The Morgan fingerprint density at radius 2 is 2.42 bits per heavy atom. The summed E-state index contributed by atoms with van der Waals surface area (Å²) in [6.07, 6.45) is 3.81. The summed E-state index contributed by atoms with van der Waals surface area (Å²) in [4.78, 5) is 18.6. The first-order chi connectivity index (χ1) is 9.18. The number of hydrogen-bond donors (Lipinski definition) is 2. The van der Waals surface area contributed by atoms with Crippen LogP contribution in [-0.4, -0.2) is 30.0 Å². The van der Waals surface area contributed by atoms with Crippen LogP contribution in [0.3, 0.4) is 0 Å². The van der Waals surface area contributed by atoms with Crippen molar-refractivity contribution >= 4 is 11.7 Å². The summed E-state index contributed by atoms with van der Waals surface area (Å²) in [6, 6.07) is 4.13. The van der Waals surface area contributed by atoms with Crippen LogP contribution >= 0.6 is 0 Å². The molecule has 0 radical (unpaired) electrons. The molecule has 2 fully saturated rings. The lowest BCUT2D eigenvalue weighted by Gasteiger charge is -2.38. The van der Waals surface area contributed by atoms with E-state index in [4.69, 9.17) is 5.73 Å². The second kappa shape index (κ2) is 4.81. The zero-order valence-electron chi connectivity index (χ0n) is 11.2. The Balaban J connectivity index is 1.95. The van der Waals surface area contributed by atoms with Crippen LogP contribution in [0.4, 0.5) is 5.82 Å². The first-order valence-electron chi connectivity index (χ1n) is 6.93. The quantitative estimate of drug-likeness (QED) is 0.825. The van der Waals surface area contributed by atoms with E-state index in [0.29, 0.717) is 0 Å². The fraction of sp³-hybridized carbons (Fsp3) is 0.571. The van der Waals surface area contributed by atoms with Crippen LogP contribution in [0.15, 0.2) is 18.3 Å². The molecule has 3 heterocycles. The summed E-state index contributed by atoms with van der Waals surface area (Å²) < 4.78 is 0. The topological polar surface area (TPSA) is 71.2 Å². The Kier molecular flexibility index (Phi) is 3.14. The molecule has 1 amide bonds. The fourth-order valence-corrected chi connectivity index (χ4v) is 3.22. The highest BCUT2D eigenvalue weighted by atomic mass is 16.2. The summed E-state index contributed by atoms with van der Waals surface area (Å²) in [6.45, 7) is 3.64. The molecule has 0 bridgehead atoms. The van der Waals surface area contributed by atoms with E-state index in [-0.39, 0.29) is 23.9 Å². The van der Waals surface area contributed by atoms with Gasteiger partial charge in [0, 0.05) is 30.9 Å². The molecule has 0 aliphatic carbocycles. The fourth-order valence-electron chi connectivity index (χ4n) is 3.22. The molecule has 1 aromatic rings. The number of nitrogens with one attached hydrogen (secondary N) is 1. The van der Waals surface area contributed by atoms with E-state index in [2.05, 4.69) is 15.2 Å². The van der Waals surface area contributed by atoms with Gasteiger partial charge in [0.2, 0.25) is 5.91 Å². The van der Waals surface area contributed by atoms with Gasteiger partial charge < -0.3 is 16.0 Å². The molecule has 2 aliphatic heterocycles. The maximum atomic E-state index is 11.8. The third-order valence-corrected chi connectivity index (χ3v) is 4.18. The lowest BCUT2D eigenvalue weighted by atomic mass is 9.91. The van der Waals surface area contributed by atoms with Crippen LogP contribution in [-0.2, 0) is 4.79 Å². The van der Waals surface area contributed by atoms with Gasteiger partial charge in [-0.25, -0.2) is 4.98 Å². The number of fused-ring (bicyclic) bond motifs is 1. The Hall–Kier alpha value is -1.62. The number of pyridine rings is 1. The van der Waals surface area contributed by atoms with Crippen molar-refractivity contribution in [2.75, 3.05) is 18.0 Å². The molecular formula is C14H20N4O. The Labute approximate surface area is 113 Å². The average Bonchev–Trinajstić information content (AvgIpc) is 2.81. The number of carbonyl (C=O) groups excluding carboxylic acids is 1. The molecule has 0 saturated carbocycles. The number of nitrogens with two attached hydrogens (primary N) is 1. The minimum Gasteiger partial charge on any atom is -0.354 e. The molecule has 3 rings (SSSR count). The maximum absolute atomic E-state index is 11.8. The lowest BCUT2D eigenvalue weighted by Crippen LogP contribution is -2.46. The van der Waals surface area contributed by atoms with Crippen molar-refractivity contribution in [1.82, 2.24) is 10.3 Å². The van der Waals surface area contributed by atoms with Crippen molar-refractivity contribution < 1.29 is 4.79 Å². The lowest BCUT2D eigenvalue weighted by molar-refractivity contribution is -0.122. The molecule has 1 aromatic heterocycles. The predicted octanol–water partition coefficient (Wildman–Crippen LogP) is 0.816. The zero-order valence-corrected chi connectivity index (χ0v) is 11.2. The van der Waals surface area contributed by atoms with E-state index in [1.54, 1.807) is 6.20 Å². The molecule has 5 heteroatoms. The number of carbonyl (C=O) groups is 1. The van der Waals surface area contributed by atoms with Gasteiger partial charge in [-0.3, -0.25) is 4.79 Å². The predicted molar refractivity (Wildman–Crippen MR) is 73.7 cm³/mol. The van der Waals surface area contributed by atoms with E-state index in [9.17, 15) is 4.79 Å². The Morgan fingerprint density at radius 1 is 1.58 bits per heavy atom. The van der Waals surface area contributed by atoms with Crippen molar-refractivity contribution in [1.29, 1.82) is 0 Å². The molecule has 3 N–H and O–H groups in total. The van der Waals surface area contributed by atoms with Crippen LogP contribution in [0.5, 0.6) is 0 Å². The molecule has 102 valence electrons. The van der Waals surface area contributed by atoms with Gasteiger partial charge in [-0.1, -0.05) is 6.07 Å². The zero-order chi connectivity index (χ0) is 13.4. The van der Waals surface area contributed by atoms with E-state index in [0.717, 1.165) is 37.3 Å². The third kappa shape index (κ3) is 2.08. The highest BCUT2D eigenvalue weighted by Crippen LogP contribution is 2.33. The van der Waals surface area contributed by atoms with Crippen LogP contribution in [0.2, 0.25) is 0 Å². The normalized spacial score (nSPS) is 27.9. The standard InChI is InChI=1S/C14H20N4O/c1-9(15)10-4-2-6-16-13(10)18-7-3-5-11-12(18)8-17-14(11)19/h2,4,6,9,11-12H,3,5,7-8,15H2,1H3,(H,17,19). The van der Waals surface area contributed by atoms with E-state index >= 15 is 0 Å². The number of piperidine rings is 1. The average molecular weight is 260 g/mol. The summed E-state index contributed by atoms with van der Waals surface area (Å²) in [5.41, 5.74) is 7.09. The molecule has 3 unspecified atom stereocenters. The molecule has 0 aromatic carbocycles. The van der Waals surface area contributed by atoms with Gasteiger partial charge in [0.05, 0.1) is 12.0 Å². The first kappa shape index (κ1) is 12.4. The van der Waals surface area contributed by atoms with Crippen molar-refractivity contribution in [3.63, 3.8) is 0 Å². The maximum Gasteiger partial charge on any atom is 0.225 e. The number of aromatic nitrogens is 1. The van der Waals surface area contributed by atoms with Crippen LogP contribution in [0.1, 0.15) is 31.4 Å². The van der Waals surface area contributed by atoms with Gasteiger partial charge in [-0.15, -0.1) is 0 Å². The van der Waals surface area contributed by atoms with E-state index in [1.807, 2.05) is 19.1 Å². The number of amides is 1. The summed E-state index contributed by atoms with van der Waals surface area (Å²) in [5, 5.41) is 2.97. The minimum atomic E-state index is -0.0471. The van der Waals surface area contributed by atoms with E-state index < -0.39 is 0 Å². The smallest absolute Gasteiger partial charge is 0.225 e. The number of anilines is 1. The van der Waals surface area contributed by atoms with Gasteiger partial charge >= 0.3 is 0 Å². The molecule has 3 atom stereocenters. The van der Waals surface area contributed by atoms with Gasteiger partial charge in [0.1, 0.15) is 5.82 Å². The monoisotopic (exact) mass is 260 g/mol. The number of hydrogen-bond acceptors (Lipinski definition) is 4. The molecular weight excluding hydrogens is 240 g/mol. The Bertz CT molecular complexity index is 488. The van der Waals surface area contributed by atoms with Crippen molar-refractivity contribution in [2.45, 2.75) is 31.8 Å². The van der Waals surface area contributed by atoms with Crippen molar-refractivity contribution in [3.8, 4) is 0 Å². The first-order valence-corrected chi connectivity index (χ1v) is 6.93. The van der Waals surface area contributed by atoms with E-state index in [1.165, 1.54) is 0 Å². The van der Waals surface area contributed by atoms with Crippen molar-refractivity contribution in [3.05, 3.63) is 23.9 Å². The van der Waals surface area contributed by atoms with Gasteiger partial charge in [0.25, 0.3) is 0 Å². The largest absolute Gasteiger partial charge is 0.354 e. The highest BCUT2D eigenvalue weighted by Gasteiger charge is 2.41. The van der Waals surface area contributed by atoms with Gasteiger partial charge in [-0.05, 0) is 25.8 Å². The molecule has 19 heavy (non-hydrogen) atoms. The number of nitrogens with zero attached hydrogens (tertiary/aromatic N) is 2. The van der Waals surface area contributed by atoms with Gasteiger partial charge in [0.15, 0.2) is 0 Å². The molecule has 0 spiro atoms. The molecule has 2 saturated heterocycles. The Morgan fingerprint density at radius 3 is 3.21 bits per heavy atom. The summed E-state index contributed by atoms with van der Waals surface area (Å²) >= 11 is 0. The molecule has 2 aliphatic rings. The minimum absolute atomic E-state index is 0.0471. The summed E-state index contributed by atoms with van der Waals surface area (Å²) in [5.74, 6) is 1.24. The SMILES string of the molecule is CC(N)c1cccnc1N1CCCC2C(=O)NCC21. The van der Waals surface area contributed by atoms with Crippen LogP contribution < -0.4 is 16.0 Å².